The minimum atomic E-state index is -0.520. The van der Waals surface area contributed by atoms with Crippen LogP contribution in [0, 0.1) is 0 Å². The number of carbonyl (C=O) groups is 2. The molecular weight excluding hydrogens is 218 g/mol. The number of hydrogen-bond acceptors (Lipinski definition) is 3. The van der Waals surface area contributed by atoms with Crippen LogP contribution in [0.25, 0.3) is 0 Å². The third-order valence-corrected chi connectivity index (χ3v) is 2.43. The Kier molecular flexibility index (Phi) is 4.51. The zero-order chi connectivity index (χ0) is 12.8. The maximum absolute atomic E-state index is 11.8. The van der Waals surface area contributed by atoms with E-state index in [9.17, 15) is 9.59 Å². The van der Waals surface area contributed by atoms with Crippen molar-refractivity contribution in [2.75, 3.05) is 12.8 Å². The highest BCUT2D eigenvalue weighted by atomic mass is 16.2. The van der Waals surface area contributed by atoms with Crippen LogP contribution in [0.4, 0.5) is 5.69 Å². The first-order chi connectivity index (χ1) is 8.08. The van der Waals surface area contributed by atoms with Crippen LogP contribution in [0.3, 0.4) is 0 Å². The summed E-state index contributed by atoms with van der Waals surface area (Å²) in [4.78, 5) is 23.3. The highest BCUT2D eigenvalue weighted by Crippen LogP contribution is 2.07. The molecule has 1 rings (SSSR count). The van der Waals surface area contributed by atoms with Crippen molar-refractivity contribution >= 4 is 17.5 Å². The monoisotopic (exact) mass is 235 g/mol. The summed E-state index contributed by atoms with van der Waals surface area (Å²) >= 11 is 0. The van der Waals surface area contributed by atoms with Crippen LogP contribution >= 0.6 is 0 Å². The lowest BCUT2D eigenvalue weighted by Gasteiger charge is -2.15. The molecule has 17 heavy (non-hydrogen) atoms. The minimum Gasteiger partial charge on any atom is -0.399 e. The van der Waals surface area contributed by atoms with Crippen LogP contribution in [0.15, 0.2) is 24.3 Å². The molecule has 4 N–H and O–H groups in total. The molecule has 92 valence electrons. The van der Waals surface area contributed by atoms with Gasteiger partial charge in [-0.05, 0) is 24.6 Å². The molecule has 0 saturated carbocycles. The van der Waals surface area contributed by atoms with Gasteiger partial charge in [-0.2, -0.15) is 0 Å². The van der Waals surface area contributed by atoms with E-state index in [4.69, 9.17) is 5.73 Å². The molecule has 0 aliphatic heterocycles. The van der Waals surface area contributed by atoms with Crippen LogP contribution < -0.4 is 16.4 Å². The van der Waals surface area contributed by atoms with Crippen molar-refractivity contribution in [3.8, 4) is 0 Å². The Bertz CT molecular complexity index is 418. The van der Waals surface area contributed by atoms with Gasteiger partial charge in [0.15, 0.2) is 0 Å². The Balaban J connectivity index is 2.74. The van der Waals surface area contributed by atoms with Crippen molar-refractivity contribution < 1.29 is 9.59 Å². The zero-order valence-electron chi connectivity index (χ0n) is 9.99. The molecule has 0 aromatic heterocycles. The second kappa shape index (κ2) is 5.89. The van der Waals surface area contributed by atoms with Crippen LogP contribution in [0.1, 0.15) is 23.7 Å². The standard InChI is InChI=1S/C12H17N3O2/c1-3-10(12(17)14-2)15-11(16)8-5-4-6-9(13)7-8/h4-7,10H,3,13H2,1-2H3,(H,14,17)(H,15,16). The van der Waals surface area contributed by atoms with Gasteiger partial charge in [0.1, 0.15) is 6.04 Å². The quantitative estimate of drug-likeness (QED) is 0.665. The van der Waals surface area contributed by atoms with E-state index >= 15 is 0 Å². The molecule has 2 amide bonds. The lowest BCUT2D eigenvalue weighted by molar-refractivity contribution is -0.122. The predicted molar refractivity (Wildman–Crippen MR) is 66.5 cm³/mol. The van der Waals surface area contributed by atoms with Gasteiger partial charge in [-0.3, -0.25) is 9.59 Å². The number of nitrogens with one attached hydrogen (secondary N) is 2. The van der Waals surface area contributed by atoms with Gasteiger partial charge in [-0.25, -0.2) is 0 Å². The number of rotatable bonds is 4. The lowest BCUT2D eigenvalue weighted by Crippen LogP contribution is -2.45. The fourth-order valence-electron chi connectivity index (χ4n) is 1.45. The summed E-state index contributed by atoms with van der Waals surface area (Å²) in [5.41, 5.74) is 6.56. The van der Waals surface area contributed by atoms with Gasteiger partial charge in [0.25, 0.3) is 5.91 Å². The van der Waals surface area contributed by atoms with E-state index in [1.54, 1.807) is 24.3 Å². The average molecular weight is 235 g/mol. The Morgan fingerprint density at radius 3 is 2.65 bits per heavy atom. The van der Waals surface area contributed by atoms with Gasteiger partial charge in [-0.1, -0.05) is 13.0 Å². The van der Waals surface area contributed by atoms with Gasteiger partial charge >= 0.3 is 0 Å². The minimum absolute atomic E-state index is 0.204. The van der Waals surface area contributed by atoms with Crippen molar-refractivity contribution in [2.45, 2.75) is 19.4 Å². The maximum Gasteiger partial charge on any atom is 0.252 e. The van der Waals surface area contributed by atoms with E-state index in [0.29, 0.717) is 17.7 Å². The fraction of sp³-hybridized carbons (Fsp3) is 0.333. The molecule has 1 unspecified atom stereocenters. The zero-order valence-corrected chi connectivity index (χ0v) is 9.99. The normalized spacial score (nSPS) is 11.6. The highest BCUT2D eigenvalue weighted by Gasteiger charge is 2.18. The molecule has 1 atom stereocenters. The number of hydrogen-bond donors (Lipinski definition) is 3. The summed E-state index contributed by atoms with van der Waals surface area (Å²) < 4.78 is 0. The van der Waals surface area contributed by atoms with E-state index in [1.165, 1.54) is 7.05 Å². The number of likely N-dealkylation sites (N-methyl/N-ethyl adjacent to an activating group) is 1. The summed E-state index contributed by atoms with van der Waals surface area (Å²) in [7, 11) is 1.54. The average Bonchev–Trinajstić information content (AvgIpc) is 2.34. The van der Waals surface area contributed by atoms with E-state index in [-0.39, 0.29) is 11.8 Å². The fourth-order valence-corrected chi connectivity index (χ4v) is 1.45. The molecule has 0 radical (unpaired) electrons. The number of nitrogen functional groups attached to an aromatic ring is 1. The Morgan fingerprint density at radius 2 is 2.12 bits per heavy atom. The summed E-state index contributed by atoms with van der Waals surface area (Å²) in [5.74, 6) is -0.502. The molecule has 5 heteroatoms. The topological polar surface area (TPSA) is 84.2 Å². The van der Waals surface area contributed by atoms with E-state index < -0.39 is 6.04 Å². The second-order valence-electron chi connectivity index (χ2n) is 3.67. The largest absolute Gasteiger partial charge is 0.399 e. The summed E-state index contributed by atoms with van der Waals surface area (Å²) in [5, 5.41) is 5.16. The first-order valence-corrected chi connectivity index (χ1v) is 5.46. The molecule has 0 aliphatic carbocycles. The molecule has 0 saturated heterocycles. The number of nitrogens with two attached hydrogens (primary N) is 1. The van der Waals surface area contributed by atoms with Crippen molar-refractivity contribution in [3.63, 3.8) is 0 Å². The Morgan fingerprint density at radius 1 is 1.41 bits per heavy atom. The van der Waals surface area contributed by atoms with Crippen LogP contribution in [0.2, 0.25) is 0 Å². The second-order valence-corrected chi connectivity index (χ2v) is 3.67. The molecule has 0 heterocycles. The summed E-state index contributed by atoms with van der Waals surface area (Å²) in [6, 6.07) is 6.11. The van der Waals surface area contributed by atoms with Gasteiger partial charge in [0.05, 0.1) is 0 Å². The number of amides is 2. The molecule has 1 aromatic rings. The van der Waals surface area contributed by atoms with Gasteiger partial charge in [-0.15, -0.1) is 0 Å². The smallest absolute Gasteiger partial charge is 0.252 e. The van der Waals surface area contributed by atoms with E-state index in [2.05, 4.69) is 10.6 Å². The molecule has 1 aromatic carbocycles. The third-order valence-electron chi connectivity index (χ3n) is 2.43. The Labute approximate surface area is 100 Å². The molecule has 5 nitrogen and oxygen atoms in total. The molecule has 0 bridgehead atoms. The highest BCUT2D eigenvalue weighted by molar-refractivity contribution is 5.98. The first-order valence-electron chi connectivity index (χ1n) is 5.46. The van der Waals surface area contributed by atoms with Crippen LogP contribution in [-0.4, -0.2) is 24.9 Å². The first kappa shape index (κ1) is 13.0. The van der Waals surface area contributed by atoms with Crippen molar-refractivity contribution in [1.82, 2.24) is 10.6 Å². The number of anilines is 1. The van der Waals surface area contributed by atoms with E-state index in [1.807, 2.05) is 6.92 Å². The van der Waals surface area contributed by atoms with E-state index in [0.717, 1.165) is 0 Å². The van der Waals surface area contributed by atoms with Gasteiger partial charge < -0.3 is 16.4 Å². The number of benzene rings is 1. The molecular formula is C12H17N3O2. The van der Waals surface area contributed by atoms with Crippen molar-refractivity contribution in [2.24, 2.45) is 0 Å². The number of carbonyl (C=O) groups excluding carboxylic acids is 2. The Hall–Kier alpha value is -2.04. The SMILES string of the molecule is CCC(NC(=O)c1cccc(N)c1)C(=O)NC. The van der Waals surface area contributed by atoms with Crippen molar-refractivity contribution in [3.05, 3.63) is 29.8 Å². The summed E-state index contributed by atoms with van der Waals surface area (Å²) in [6.45, 7) is 1.83. The third kappa shape index (κ3) is 3.48. The summed E-state index contributed by atoms with van der Waals surface area (Å²) in [6.07, 6.45) is 0.535. The van der Waals surface area contributed by atoms with Crippen molar-refractivity contribution in [1.29, 1.82) is 0 Å². The molecule has 0 aliphatic rings. The predicted octanol–water partition coefficient (Wildman–Crippen LogP) is 0.523. The lowest BCUT2D eigenvalue weighted by atomic mass is 10.1. The molecule has 0 spiro atoms. The van der Waals surface area contributed by atoms with Gasteiger partial charge in [0, 0.05) is 18.3 Å². The molecule has 0 fully saturated rings. The maximum atomic E-state index is 11.8. The van der Waals surface area contributed by atoms with Crippen LogP contribution in [0.5, 0.6) is 0 Å². The van der Waals surface area contributed by atoms with Crippen LogP contribution in [-0.2, 0) is 4.79 Å². The van der Waals surface area contributed by atoms with Gasteiger partial charge in [0.2, 0.25) is 5.91 Å².